The molecular formula is C45H77NO6Si2. The minimum absolute atomic E-state index is 0.0248. The van der Waals surface area contributed by atoms with E-state index in [1.807, 2.05) is 24.3 Å². The summed E-state index contributed by atoms with van der Waals surface area (Å²) in [5.74, 6) is 1.17. The highest BCUT2D eigenvalue weighted by atomic mass is 28.4. The number of allylic oxidation sites excluding steroid dienone is 5. The van der Waals surface area contributed by atoms with Crippen molar-refractivity contribution in [2.45, 2.75) is 155 Å². The summed E-state index contributed by atoms with van der Waals surface area (Å²) in [6.07, 6.45) is 15.5. The van der Waals surface area contributed by atoms with E-state index < -0.39 is 16.6 Å². The van der Waals surface area contributed by atoms with Crippen LogP contribution in [0.15, 0.2) is 73.4 Å². The molecule has 9 heteroatoms. The van der Waals surface area contributed by atoms with Crippen molar-refractivity contribution in [3.05, 3.63) is 79.0 Å². The van der Waals surface area contributed by atoms with Crippen molar-refractivity contribution in [1.82, 2.24) is 0 Å². The van der Waals surface area contributed by atoms with Gasteiger partial charge < -0.3 is 28.4 Å². The molecule has 0 aliphatic carbocycles. The van der Waals surface area contributed by atoms with Gasteiger partial charge in [0.1, 0.15) is 11.5 Å². The lowest BCUT2D eigenvalue weighted by atomic mass is 9.90. The molecule has 0 aliphatic rings. The molecule has 0 aromatic heterocycles. The summed E-state index contributed by atoms with van der Waals surface area (Å²) in [5.41, 5.74) is 4.04. The van der Waals surface area contributed by atoms with Gasteiger partial charge in [0.15, 0.2) is 8.32 Å². The first-order valence-corrected chi connectivity index (χ1v) is 24.9. The molecule has 7 nitrogen and oxygen atoms in total. The summed E-state index contributed by atoms with van der Waals surface area (Å²) in [6, 6.07) is 3.79. The molecule has 0 saturated heterocycles. The molecule has 0 radical (unpaired) electrons. The van der Waals surface area contributed by atoms with Crippen molar-refractivity contribution in [2.24, 2.45) is 5.92 Å². The van der Waals surface area contributed by atoms with Crippen molar-refractivity contribution in [2.75, 3.05) is 26.6 Å². The summed E-state index contributed by atoms with van der Waals surface area (Å²) in [5, 5.41) is 3.11. The number of anilines is 1. The van der Waals surface area contributed by atoms with E-state index in [9.17, 15) is 4.79 Å². The van der Waals surface area contributed by atoms with Gasteiger partial charge in [0.25, 0.3) is 0 Å². The first-order valence-electron chi connectivity index (χ1n) is 19.8. The quantitative estimate of drug-likeness (QED) is 0.0639. The maximum Gasteiger partial charge on any atom is 0.227 e. The average Bonchev–Trinajstić information content (AvgIpc) is 3.08. The van der Waals surface area contributed by atoms with Crippen molar-refractivity contribution in [1.29, 1.82) is 0 Å². The molecule has 0 heterocycles. The highest BCUT2D eigenvalue weighted by molar-refractivity contribution is 6.77. The predicted octanol–water partition coefficient (Wildman–Crippen LogP) is 12.4. The molecule has 1 aromatic rings. The smallest absolute Gasteiger partial charge is 0.227 e. The number of hydrogen-bond donors (Lipinski definition) is 1. The Morgan fingerprint density at radius 1 is 0.889 bits per heavy atom. The molecule has 0 saturated carbocycles. The zero-order valence-corrected chi connectivity index (χ0v) is 38.9. The van der Waals surface area contributed by atoms with E-state index in [1.165, 1.54) is 5.57 Å². The fourth-order valence-corrected chi connectivity index (χ4v) is 14.4. The second kappa shape index (κ2) is 22.8. The monoisotopic (exact) mass is 784 g/mol. The largest absolute Gasteiger partial charge is 0.497 e. The van der Waals surface area contributed by atoms with Gasteiger partial charge in [-0.2, -0.15) is 0 Å². The molecule has 1 N–H and O–H groups in total. The number of amides is 1. The fraction of sp³-hybridized carbons (Fsp3) is 0.622. The molecule has 0 bridgehead atoms. The maximum atomic E-state index is 13.1. The number of methoxy groups -OCH3 is 3. The Hall–Kier alpha value is -2.70. The zero-order valence-electron chi connectivity index (χ0n) is 36.9. The average molecular weight is 784 g/mol. The molecule has 0 fully saturated rings. The van der Waals surface area contributed by atoms with E-state index in [1.54, 1.807) is 39.5 Å². The second-order valence-electron chi connectivity index (χ2n) is 17.0. The Morgan fingerprint density at radius 2 is 1.48 bits per heavy atom. The topological polar surface area (TPSA) is 75.2 Å². The van der Waals surface area contributed by atoms with Gasteiger partial charge in [-0.25, -0.2) is 0 Å². The van der Waals surface area contributed by atoms with Gasteiger partial charge in [-0.15, -0.1) is 0 Å². The number of carbonyl (C=O) groups is 1. The van der Waals surface area contributed by atoms with Crippen LogP contribution in [0.2, 0.25) is 34.8 Å². The molecule has 1 rings (SSSR count). The molecule has 0 aliphatic heterocycles. The van der Waals surface area contributed by atoms with Crippen LogP contribution in [0, 0.1) is 5.92 Å². The number of ether oxygens (including phenoxy) is 3. The van der Waals surface area contributed by atoms with Crippen molar-refractivity contribution < 1.29 is 27.9 Å². The second-order valence-corrected chi connectivity index (χ2v) is 27.2. The first kappa shape index (κ1) is 49.3. The van der Waals surface area contributed by atoms with Crippen LogP contribution in [-0.4, -0.2) is 62.2 Å². The Morgan fingerprint density at radius 3 is 1.96 bits per heavy atom. The van der Waals surface area contributed by atoms with Gasteiger partial charge in [0, 0.05) is 24.7 Å². The number of rotatable bonds is 24. The van der Waals surface area contributed by atoms with E-state index in [2.05, 4.69) is 120 Å². The summed E-state index contributed by atoms with van der Waals surface area (Å²) in [7, 11) is 0.451. The van der Waals surface area contributed by atoms with Crippen LogP contribution in [0.4, 0.5) is 5.69 Å². The molecule has 0 unspecified atom stereocenters. The third-order valence-electron chi connectivity index (χ3n) is 11.3. The fourth-order valence-electron chi connectivity index (χ4n) is 7.36. The van der Waals surface area contributed by atoms with Gasteiger partial charge >= 0.3 is 0 Å². The lowest BCUT2D eigenvalue weighted by Crippen LogP contribution is -2.54. The molecule has 54 heavy (non-hydrogen) atoms. The lowest BCUT2D eigenvalue weighted by Gasteiger charge is -2.48. The number of hydrogen-bond acceptors (Lipinski definition) is 6. The van der Waals surface area contributed by atoms with Crippen LogP contribution in [0.3, 0.4) is 0 Å². The highest BCUT2D eigenvalue weighted by Crippen LogP contribution is 2.46. The molecule has 4 atom stereocenters. The Labute approximate surface area is 333 Å². The van der Waals surface area contributed by atoms with Gasteiger partial charge in [-0.1, -0.05) is 125 Å². The van der Waals surface area contributed by atoms with Gasteiger partial charge in [0.05, 0.1) is 44.6 Å². The molecule has 306 valence electrons. The van der Waals surface area contributed by atoms with Crippen LogP contribution in [-0.2, 0) is 24.8 Å². The van der Waals surface area contributed by atoms with Crippen LogP contribution >= 0.6 is 0 Å². The van der Waals surface area contributed by atoms with Crippen molar-refractivity contribution >= 4 is 28.2 Å². The Balaban J connectivity index is 3.71. The zero-order chi connectivity index (χ0) is 41.4. The van der Waals surface area contributed by atoms with E-state index in [4.69, 9.17) is 23.1 Å². The summed E-state index contributed by atoms with van der Waals surface area (Å²) < 4.78 is 32.0. The maximum absolute atomic E-state index is 13.1. The van der Waals surface area contributed by atoms with Crippen LogP contribution in [0.5, 0.6) is 11.5 Å². The van der Waals surface area contributed by atoms with Crippen molar-refractivity contribution in [3.63, 3.8) is 0 Å². The van der Waals surface area contributed by atoms with E-state index in [0.29, 0.717) is 40.2 Å². The number of carbonyl (C=O) groups excluding carboxylic acids is 1. The third-order valence-corrected chi connectivity index (χ3v) is 21.9. The number of aryl methyl sites for hydroxylation is 1. The molecule has 1 aromatic carbocycles. The van der Waals surface area contributed by atoms with Crippen molar-refractivity contribution in [3.8, 4) is 11.5 Å². The summed E-state index contributed by atoms with van der Waals surface area (Å²) in [6.45, 7) is 37.9. The number of benzene rings is 1. The van der Waals surface area contributed by atoms with E-state index >= 15 is 0 Å². The SMILES string of the molecule is C=C/C=C\C[C@H](O[Si](C)(C)C(C)(C)C)[C@H](C)[C@@H](O[Si](C(C)C)(C(C)C)C(C)C)/C(C)=C/CCc1cc(OC)cc(NC(=O)C[C@H](/C=C/C=C)OC)c1OC. The molecular weight excluding hydrogens is 707 g/mol. The minimum Gasteiger partial charge on any atom is -0.497 e. The third kappa shape index (κ3) is 13.8. The van der Waals surface area contributed by atoms with E-state index in [-0.39, 0.29) is 41.6 Å². The van der Waals surface area contributed by atoms with Gasteiger partial charge in [-0.05, 0) is 72.6 Å². The molecule has 1 amide bonds. The highest BCUT2D eigenvalue weighted by Gasteiger charge is 2.49. The normalized spacial score (nSPS) is 15.6. The Bertz CT molecular complexity index is 1400. The summed E-state index contributed by atoms with van der Waals surface area (Å²) in [4.78, 5) is 13.1. The lowest BCUT2D eigenvalue weighted by molar-refractivity contribution is -0.117. The summed E-state index contributed by atoms with van der Waals surface area (Å²) >= 11 is 0. The molecule has 0 spiro atoms. The minimum atomic E-state index is -2.29. The van der Waals surface area contributed by atoms with Crippen LogP contribution in [0.25, 0.3) is 0 Å². The first-order chi connectivity index (χ1) is 25.2. The van der Waals surface area contributed by atoms with Crippen LogP contribution in [0.1, 0.15) is 101 Å². The Kier molecular flexibility index (Phi) is 20.8. The van der Waals surface area contributed by atoms with Gasteiger partial charge in [-0.3, -0.25) is 4.79 Å². The standard InChI is InChI=1S/C45H77NO6Si2/c1-19-21-23-28-41(51-53(17,18)45(11,12)13)36(10)43(52-54(32(3)4,33(5)6)34(7)8)35(9)25-24-26-37-29-39(49-15)30-40(44(37)50-16)46-42(47)31-38(48-14)27-22-20-2/h19-23,25,27,29-30,32-34,36,38,41,43H,1-2,24,26,28,31H2,3-18H3,(H,46,47)/b23-21-,27-22+,35-25+/t36-,38-,41-,43-/m0/s1. The predicted molar refractivity (Wildman–Crippen MR) is 236 cm³/mol. The van der Waals surface area contributed by atoms with Crippen LogP contribution < -0.4 is 14.8 Å². The van der Waals surface area contributed by atoms with E-state index in [0.717, 1.165) is 18.4 Å². The van der Waals surface area contributed by atoms with Gasteiger partial charge in [0.2, 0.25) is 14.2 Å². The number of nitrogens with one attached hydrogen (secondary N) is 1.